The fourth-order valence-electron chi connectivity index (χ4n) is 2.02. The highest BCUT2D eigenvalue weighted by atomic mass is 16.1. The van der Waals surface area contributed by atoms with Gasteiger partial charge in [-0.15, -0.1) is 0 Å². The van der Waals surface area contributed by atoms with Crippen LogP contribution >= 0.6 is 0 Å². The smallest absolute Gasteiger partial charge is 0.236 e. The van der Waals surface area contributed by atoms with Crippen molar-refractivity contribution in [1.82, 2.24) is 4.90 Å². The summed E-state index contributed by atoms with van der Waals surface area (Å²) in [5, 5.41) is 0. The SMILES string of the molecule is CC(=O)C1=CN(CC(N)=O)Cc2ccccc21. The highest BCUT2D eigenvalue weighted by Crippen LogP contribution is 2.26. The number of hydrogen-bond acceptors (Lipinski definition) is 3. The van der Waals surface area contributed by atoms with Gasteiger partial charge in [0, 0.05) is 18.3 Å². The Hall–Kier alpha value is -2.10. The summed E-state index contributed by atoms with van der Waals surface area (Å²) in [7, 11) is 0. The lowest BCUT2D eigenvalue weighted by atomic mass is 9.94. The van der Waals surface area contributed by atoms with E-state index >= 15 is 0 Å². The molecule has 17 heavy (non-hydrogen) atoms. The zero-order chi connectivity index (χ0) is 12.4. The van der Waals surface area contributed by atoms with Crippen molar-refractivity contribution in [2.75, 3.05) is 6.54 Å². The fraction of sp³-hybridized carbons (Fsp3) is 0.231. The molecule has 1 aliphatic heterocycles. The van der Waals surface area contributed by atoms with E-state index in [4.69, 9.17) is 5.73 Å². The summed E-state index contributed by atoms with van der Waals surface area (Å²) in [4.78, 5) is 24.3. The zero-order valence-electron chi connectivity index (χ0n) is 9.64. The van der Waals surface area contributed by atoms with Gasteiger partial charge in [-0.25, -0.2) is 0 Å². The van der Waals surface area contributed by atoms with Crippen molar-refractivity contribution in [3.8, 4) is 0 Å². The number of nitrogens with zero attached hydrogens (tertiary/aromatic N) is 1. The summed E-state index contributed by atoms with van der Waals surface area (Å²) in [6, 6.07) is 7.70. The molecule has 1 aliphatic rings. The lowest BCUT2D eigenvalue weighted by Crippen LogP contribution is -2.32. The molecule has 0 spiro atoms. The number of amides is 1. The van der Waals surface area contributed by atoms with Gasteiger partial charge in [-0.2, -0.15) is 0 Å². The summed E-state index contributed by atoms with van der Waals surface area (Å²) in [5.74, 6) is -0.407. The van der Waals surface area contributed by atoms with E-state index in [2.05, 4.69) is 0 Å². The number of carbonyl (C=O) groups excluding carboxylic acids is 2. The number of allylic oxidation sites excluding steroid dienone is 1. The molecule has 0 atom stereocenters. The maximum atomic E-state index is 11.6. The third-order valence-corrected chi connectivity index (χ3v) is 2.73. The maximum absolute atomic E-state index is 11.6. The van der Waals surface area contributed by atoms with Crippen molar-refractivity contribution in [2.45, 2.75) is 13.5 Å². The van der Waals surface area contributed by atoms with Crippen LogP contribution in [0.3, 0.4) is 0 Å². The van der Waals surface area contributed by atoms with Crippen LogP contribution in [0.2, 0.25) is 0 Å². The molecule has 0 saturated carbocycles. The Morgan fingerprint density at radius 2 is 2.06 bits per heavy atom. The molecule has 1 aromatic rings. The molecule has 4 heteroatoms. The van der Waals surface area contributed by atoms with E-state index in [1.165, 1.54) is 6.92 Å². The van der Waals surface area contributed by atoms with Gasteiger partial charge in [-0.05, 0) is 18.1 Å². The largest absolute Gasteiger partial charge is 0.368 e. The standard InChI is InChI=1S/C13H14N2O2/c1-9(16)12-7-15(8-13(14)17)6-10-4-2-3-5-11(10)12/h2-5,7H,6,8H2,1H3,(H2,14,17). The van der Waals surface area contributed by atoms with E-state index in [0.717, 1.165) is 11.1 Å². The van der Waals surface area contributed by atoms with Crippen molar-refractivity contribution in [1.29, 1.82) is 0 Å². The minimum atomic E-state index is -0.400. The molecule has 2 rings (SSSR count). The Labute approximate surface area is 99.7 Å². The third-order valence-electron chi connectivity index (χ3n) is 2.73. The molecule has 1 heterocycles. The molecule has 0 bridgehead atoms. The number of ketones is 1. The van der Waals surface area contributed by atoms with Gasteiger partial charge in [0.1, 0.15) is 0 Å². The van der Waals surface area contributed by atoms with Gasteiger partial charge in [0.2, 0.25) is 5.91 Å². The molecule has 0 radical (unpaired) electrons. The lowest BCUT2D eigenvalue weighted by Gasteiger charge is -2.27. The molecular weight excluding hydrogens is 216 g/mol. The summed E-state index contributed by atoms with van der Waals surface area (Å²) in [6.45, 7) is 2.26. The van der Waals surface area contributed by atoms with Crippen LogP contribution in [0, 0.1) is 0 Å². The zero-order valence-corrected chi connectivity index (χ0v) is 9.64. The van der Waals surface area contributed by atoms with Crippen LogP contribution in [-0.2, 0) is 16.1 Å². The lowest BCUT2D eigenvalue weighted by molar-refractivity contribution is -0.119. The van der Waals surface area contributed by atoms with Crippen molar-refractivity contribution in [2.24, 2.45) is 5.73 Å². The van der Waals surface area contributed by atoms with Gasteiger partial charge in [0.15, 0.2) is 5.78 Å². The van der Waals surface area contributed by atoms with Gasteiger partial charge >= 0.3 is 0 Å². The second kappa shape index (κ2) is 4.41. The van der Waals surface area contributed by atoms with Crippen LogP contribution in [0.4, 0.5) is 0 Å². The Bertz CT molecular complexity index is 506. The molecule has 4 nitrogen and oxygen atoms in total. The summed E-state index contributed by atoms with van der Waals surface area (Å²) in [5.41, 5.74) is 7.79. The average molecular weight is 230 g/mol. The molecule has 0 saturated heterocycles. The number of Topliss-reactive ketones (excluding diaryl/α,β-unsaturated/α-hetero) is 1. The quantitative estimate of drug-likeness (QED) is 0.839. The molecular formula is C13H14N2O2. The molecule has 2 N–H and O–H groups in total. The maximum Gasteiger partial charge on any atom is 0.236 e. The van der Waals surface area contributed by atoms with Crippen LogP contribution in [0.1, 0.15) is 18.1 Å². The fourth-order valence-corrected chi connectivity index (χ4v) is 2.02. The Morgan fingerprint density at radius 3 is 2.71 bits per heavy atom. The van der Waals surface area contributed by atoms with Crippen LogP contribution in [0.25, 0.3) is 5.57 Å². The molecule has 0 aliphatic carbocycles. The number of nitrogens with two attached hydrogens (primary N) is 1. The van der Waals surface area contributed by atoms with E-state index in [1.807, 2.05) is 24.3 Å². The van der Waals surface area contributed by atoms with E-state index in [-0.39, 0.29) is 12.3 Å². The van der Waals surface area contributed by atoms with Gasteiger partial charge in [0.25, 0.3) is 0 Å². The topological polar surface area (TPSA) is 63.4 Å². The average Bonchev–Trinajstić information content (AvgIpc) is 2.27. The highest BCUT2D eigenvalue weighted by molar-refractivity contribution is 6.20. The number of fused-ring (bicyclic) bond motifs is 1. The summed E-state index contributed by atoms with van der Waals surface area (Å²) < 4.78 is 0. The van der Waals surface area contributed by atoms with E-state index in [1.54, 1.807) is 11.1 Å². The van der Waals surface area contributed by atoms with Gasteiger partial charge in [-0.1, -0.05) is 24.3 Å². The number of benzene rings is 1. The van der Waals surface area contributed by atoms with Gasteiger partial charge in [-0.3, -0.25) is 9.59 Å². The monoisotopic (exact) mass is 230 g/mol. The number of carbonyl (C=O) groups is 2. The van der Waals surface area contributed by atoms with Crippen LogP contribution < -0.4 is 5.73 Å². The van der Waals surface area contributed by atoms with Crippen molar-refractivity contribution < 1.29 is 9.59 Å². The van der Waals surface area contributed by atoms with Crippen molar-refractivity contribution in [3.05, 3.63) is 41.6 Å². The van der Waals surface area contributed by atoms with E-state index in [9.17, 15) is 9.59 Å². The summed E-state index contributed by atoms with van der Waals surface area (Å²) in [6.07, 6.45) is 1.72. The first-order chi connectivity index (χ1) is 8.08. The van der Waals surface area contributed by atoms with Crippen LogP contribution in [0.5, 0.6) is 0 Å². The van der Waals surface area contributed by atoms with Gasteiger partial charge < -0.3 is 10.6 Å². The normalized spacial score (nSPS) is 13.9. The second-order valence-electron chi connectivity index (χ2n) is 4.13. The number of rotatable bonds is 3. The van der Waals surface area contributed by atoms with E-state index in [0.29, 0.717) is 12.1 Å². The first kappa shape index (κ1) is 11.4. The molecule has 1 aromatic carbocycles. The predicted molar refractivity (Wildman–Crippen MR) is 64.7 cm³/mol. The minimum Gasteiger partial charge on any atom is -0.368 e. The highest BCUT2D eigenvalue weighted by Gasteiger charge is 2.20. The Balaban J connectivity index is 2.40. The molecule has 0 unspecified atom stereocenters. The third kappa shape index (κ3) is 2.36. The Kier molecular flexibility index (Phi) is 2.95. The molecule has 0 fully saturated rings. The second-order valence-corrected chi connectivity index (χ2v) is 4.13. The number of primary amides is 1. The van der Waals surface area contributed by atoms with Crippen molar-refractivity contribution >= 4 is 17.3 Å². The first-order valence-corrected chi connectivity index (χ1v) is 5.41. The first-order valence-electron chi connectivity index (χ1n) is 5.41. The van der Waals surface area contributed by atoms with Crippen molar-refractivity contribution in [3.63, 3.8) is 0 Å². The minimum absolute atomic E-state index is 0.00776. The predicted octanol–water partition coefficient (Wildman–Crippen LogP) is 0.917. The van der Waals surface area contributed by atoms with Crippen LogP contribution in [0.15, 0.2) is 30.5 Å². The Morgan fingerprint density at radius 1 is 1.35 bits per heavy atom. The molecule has 1 amide bonds. The van der Waals surface area contributed by atoms with Crippen LogP contribution in [-0.4, -0.2) is 23.1 Å². The molecule has 0 aromatic heterocycles. The van der Waals surface area contributed by atoms with Gasteiger partial charge in [0.05, 0.1) is 6.54 Å². The van der Waals surface area contributed by atoms with E-state index < -0.39 is 5.91 Å². The summed E-state index contributed by atoms with van der Waals surface area (Å²) >= 11 is 0. The number of hydrogen-bond donors (Lipinski definition) is 1. The molecule has 88 valence electrons.